The van der Waals surface area contributed by atoms with Crippen molar-refractivity contribution in [1.82, 2.24) is 4.98 Å². The second-order valence-electron chi connectivity index (χ2n) is 3.68. The first-order valence-electron chi connectivity index (χ1n) is 5.28. The Kier molecular flexibility index (Phi) is 4.13. The molecule has 0 saturated heterocycles. The van der Waals surface area contributed by atoms with E-state index in [0.29, 0.717) is 21.4 Å². The summed E-state index contributed by atoms with van der Waals surface area (Å²) in [5.74, 6) is -1.29. The molecule has 0 fully saturated rings. The van der Waals surface area contributed by atoms with E-state index in [9.17, 15) is 9.59 Å². The molecule has 1 heterocycles. The number of nitrogens with zero attached hydrogens (tertiary/aromatic N) is 1. The van der Waals surface area contributed by atoms with Crippen LogP contribution in [0.15, 0.2) is 29.6 Å². The van der Waals surface area contributed by atoms with Crippen LogP contribution < -0.4 is 5.32 Å². The zero-order valence-electron chi connectivity index (χ0n) is 9.59. The minimum absolute atomic E-state index is 0.163. The molecule has 1 aromatic heterocycles. The van der Waals surface area contributed by atoms with Crippen molar-refractivity contribution in [2.75, 3.05) is 5.32 Å². The van der Waals surface area contributed by atoms with Gasteiger partial charge in [0, 0.05) is 16.0 Å². The molecule has 98 valence electrons. The van der Waals surface area contributed by atoms with Crippen LogP contribution in [0.3, 0.4) is 0 Å². The van der Waals surface area contributed by atoms with Gasteiger partial charge in [-0.25, -0.2) is 4.98 Å². The number of benzene rings is 1. The highest BCUT2D eigenvalue weighted by Crippen LogP contribution is 2.18. The van der Waals surface area contributed by atoms with Gasteiger partial charge in [0.15, 0.2) is 5.13 Å². The molecule has 1 aromatic carbocycles. The summed E-state index contributed by atoms with van der Waals surface area (Å²) < 4.78 is 0. The molecule has 0 radical (unpaired) electrons. The summed E-state index contributed by atoms with van der Waals surface area (Å²) >= 11 is 6.97. The van der Waals surface area contributed by atoms with E-state index >= 15 is 0 Å². The first-order valence-corrected chi connectivity index (χ1v) is 6.53. The van der Waals surface area contributed by atoms with Crippen molar-refractivity contribution in [3.05, 3.63) is 45.9 Å². The Morgan fingerprint density at radius 2 is 2.21 bits per heavy atom. The zero-order valence-corrected chi connectivity index (χ0v) is 11.2. The predicted molar refractivity (Wildman–Crippen MR) is 72.9 cm³/mol. The van der Waals surface area contributed by atoms with Gasteiger partial charge in [-0.05, 0) is 18.2 Å². The molecule has 2 aromatic rings. The largest absolute Gasteiger partial charge is 0.481 e. The minimum atomic E-state index is -0.960. The molecule has 1 amide bonds. The highest BCUT2D eigenvalue weighted by Gasteiger charge is 2.10. The van der Waals surface area contributed by atoms with Crippen molar-refractivity contribution in [1.29, 1.82) is 0 Å². The summed E-state index contributed by atoms with van der Waals surface area (Å²) in [6, 6.07) is 6.53. The number of carbonyl (C=O) groups is 2. The van der Waals surface area contributed by atoms with Gasteiger partial charge in [0.25, 0.3) is 5.91 Å². The van der Waals surface area contributed by atoms with Gasteiger partial charge in [0.1, 0.15) is 0 Å². The molecule has 0 aliphatic heterocycles. The van der Waals surface area contributed by atoms with Crippen molar-refractivity contribution >= 4 is 39.9 Å². The van der Waals surface area contributed by atoms with Crippen molar-refractivity contribution < 1.29 is 14.7 Å². The topological polar surface area (TPSA) is 79.3 Å². The lowest BCUT2D eigenvalue weighted by molar-refractivity contribution is -0.136. The van der Waals surface area contributed by atoms with E-state index in [1.54, 1.807) is 29.6 Å². The summed E-state index contributed by atoms with van der Waals surface area (Å²) in [4.78, 5) is 26.4. The SMILES string of the molecule is O=C(O)Cc1csc(NC(=O)c2cccc(Cl)c2)n1. The Balaban J connectivity index is 2.06. The maximum Gasteiger partial charge on any atom is 0.309 e. The van der Waals surface area contributed by atoms with E-state index in [0.717, 1.165) is 0 Å². The third-order valence-corrected chi connectivity index (χ3v) is 3.23. The first kappa shape index (κ1) is 13.5. The van der Waals surface area contributed by atoms with Crippen LogP contribution in [-0.4, -0.2) is 22.0 Å². The van der Waals surface area contributed by atoms with Crippen LogP contribution in [0.4, 0.5) is 5.13 Å². The number of carboxylic acid groups (broad SMARTS) is 1. The van der Waals surface area contributed by atoms with Crippen LogP contribution in [0.2, 0.25) is 5.02 Å². The highest BCUT2D eigenvalue weighted by molar-refractivity contribution is 7.14. The number of nitrogens with one attached hydrogen (secondary N) is 1. The summed E-state index contributed by atoms with van der Waals surface area (Å²) in [6.07, 6.45) is -0.163. The number of halogens is 1. The number of hydrogen-bond acceptors (Lipinski definition) is 4. The Morgan fingerprint density at radius 3 is 2.89 bits per heavy atom. The van der Waals surface area contributed by atoms with E-state index in [-0.39, 0.29) is 12.3 Å². The molecule has 0 spiro atoms. The molecule has 2 rings (SSSR count). The molecular formula is C12H9ClN2O3S. The molecule has 7 heteroatoms. The lowest BCUT2D eigenvalue weighted by atomic mass is 10.2. The molecule has 0 aliphatic carbocycles. The highest BCUT2D eigenvalue weighted by atomic mass is 35.5. The summed E-state index contributed by atoms with van der Waals surface area (Å²) in [5.41, 5.74) is 0.835. The van der Waals surface area contributed by atoms with E-state index in [1.165, 1.54) is 11.3 Å². The van der Waals surface area contributed by atoms with Gasteiger partial charge in [-0.2, -0.15) is 0 Å². The number of rotatable bonds is 4. The number of thiazole rings is 1. The molecule has 0 atom stereocenters. The molecule has 19 heavy (non-hydrogen) atoms. The lowest BCUT2D eigenvalue weighted by Crippen LogP contribution is -2.11. The zero-order chi connectivity index (χ0) is 13.8. The predicted octanol–water partition coefficient (Wildman–Crippen LogP) is 2.68. The average Bonchev–Trinajstić information content (AvgIpc) is 2.75. The quantitative estimate of drug-likeness (QED) is 0.909. The normalized spacial score (nSPS) is 10.2. The van der Waals surface area contributed by atoms with Crippen molar-refractivity contribution in [3.8, 4) is 0 Å². The van der Waals surface area contributed by atoms with Crippen LogP contribution in [0.1, 0.15) is 16.1 Å². The number of aliphatic carboxylic acids is 1. The van der Waals surface area contributed by atoms with Crippen LogP contribution in [-0.2, 0) is 11.2 Å². The van der Waals surface area contributed by atoms with Gasteiger partial charge in [-0.15, -0.1) is 11.3 Å². The number of hydrogen-bond donors (Lipinski definition) is 2. The third kappa shape index (κ3) is 3.77. The van der Waals surface area contributed by atoms with Gasteiger partial charge < -0.3 is 5.11 Å². The van der Waals surface area contributed by atoms with Gasteiger partial charge >= 0.3 is 5.97 Å². The van der Waals surface area contributed by atoms with Gasteiger partial charge in [0.2, 0.25) is 0 Å². The van der Waals surface area contributed by atoms with Gasteiger partial charge in [0.05, 0.1) is 12.1 Å². The van der Waals surface area contributed by atoms with Crippen LogP contribution >= 0.6 is 22.9 Å². The molecule has 2 N–H and O–H groups in total. The number of carboxylic acids is 1. The number of carbonyl (C=O) groups excluding carboxylic acids is 1. The molecule has 0 saturated carbocycles. The molecule has 0 unspecified atom stereocenters. The van der Waals surface area contributed by atoms with Crippen molar-refractivity contribution in [2.24, 2.45) is 0 Å². The molecular weight excluding hydrogens is 288 g/mol. The van der Waals surface area contributed by atoms with Crippen molar-refractivity contribution in [2.45, 2.75) is 6.42 Å². The fourth-order valence-electron chi connectivity index (χ4n) is 1.40. The second-order valence-corrected chi connectivity index (χ2v) is 4.97. The van der Waals surface area contributed by atoms with Crippen LogP contribution in [0, 0.1) is 0 Å². The lowest BCUT2D eigenvalue weighted by Gasteiger charge is -2.01. The number of aromatic nitrogens is 1. The number of amides is 1. The average molecular weight is 297 g/mol. The fourth-order valence-corrected chi connectivity index (χ4v) is 2.30. The monoisotopic (exact) mass is 296 g/mol. The maximum atomic E-state index is 11.9. The van der Waals surface area contributed by atoms with Gasteiger partial charge in [-0.3, -0.25) is 14.9 Å². The fraction of sp³-hybridized carbons (Fsp3) is 0.0833. The standard InChI is InChI=1S/C12H9ClN2O3S/c13-8-3-1-2-7(4-8)11(18)15-12-14-9(6-19-12)5-10(16)17/h1-4,6H,5H2,(H,16,17)(H,14,15,18). The van der Waals surface area contributed by atoms with E-state index < -0.39 is 5.97 Å². The van der Waals surface area contributed by atoms with E-state index in [4.69, 9.17) is 16.7 Å². The smallest absolute Gasteiger partial charge is 0.309 e. The van der Waals surface area contributed by atoms with Crippen LogP contribution in [0.5, 0.6) is 0 Å². The molecule has 0 aliphatic rings. The minimum Gasteiger partial charge on any atom is -0.481 e. The Morgan fingerprint density at radius 1 is 1.42 bits per heavy atom. The second kappa shape index (κ2) is 5.81. The summed E-state index contributed by atoms with van der Waals surface area (Å²) in [7, 11) is 0. The molecule has 0 bridgehead atoms. The Bertz CT molecular complexity index is 627. The van der Waals surface area contributed by atoms with Crippen LogP contribution in [0.25, 0.3) is 0 Å². The summed E-state index contributed by atoms with van der Waals surface area (Å²) in [6.45, 7) is 0. The van der Waals surface area contributed by atoms with E-state index in [1.807, 2.05) is 0 Å². The van der Waals surface area contributed by atoms with Gasteiger partial charge in [-0.1, -0.05) is 17.7 Å². The third-order valence-electron chi connectivity index (χ3n) is 2.19. The summed E-state index contributed by atoms with van der Waals surface area (Å²) in [5, 5.41) is 13.7. The van der Waals surface area contributed by atoms with Crippen molar-refractivity contribution in [3.63, 3.8) is 0 Å². The van der Waals surface area contributed by atoms with E-state index in [2.05, 4.69) is 10.3 Å². The Hall–Kier alpha value is -1.92. The number of anilines is 1. The molecule has 5 nitrogen and oxygen atoms in total. The maximum absolute atomic E-state index is 11.9. The first-order chi connectivity index (χ1) is 9.04. The Labute approximate surface area is 117 Å².